The van der Waals surface area contributed by atoms with Crippen molar-refractivity contribution in [2.75, 3.05) is 7.18 Å². The Labute approximate surface area is 228 Å². The molecule has 0 amide bonds. The second-order valence-corrected chi connectivity index (χ2v) is 8.36. The molecule has 3 heteroatoms. The summed E-state index contributed by atoms with van der Waals surface area (Å²) in [5.74, 6) is 1.18. The quantitative estimate of drug-likeness (QED) is 0.367. The van der Waals surface area contributed by atoms with Gasteiger partial charge in [-0.3, -0.25) is 4.39 Å². The Morgan fingerprint density at radius 2 is 1.49 bits per heavy atom. The summed E-state index contributed by atoms with van der Waals surface area (Å²) in [6.45, 7) is 29.3. The van der Waals surface area contributed by atoms with Crippen LogP contribution in [0.2, 0.25) is 0 Å². The molecule has 1 unspecified atom stereocenters. The van der Waals surface area contributed by atoms with Crippen molar-refractivity contribution < 1.29 is 13.5 Å². The Morgan fingerprint density at radius 3 is 1.95 bits per heavy atom. The largest absolute Gasteiger partial charge is 0.457 e. The molecule has 0 aliphatic carbocycles. The summed E-state index contributed by atoms with van der Waals surface area (Å²) in [6.07, 6.45) is 4.26. The van der Waals surface area contributed by atoms with Gasteiger partial charge in [-0.15, -0.1) is 6.58 Å². The molecule has 1 atom stereocenters. The van der Waals surface area contributed by atoms with E-state index in [1.54, 1.807) is 6.08 Å². The van der Waals surface area contributed by atoms with Crippen LogP contribution in [0.1, 0.15) is 96.6 Å². The highest BCUT2D eigenvalue weighted by Crippen LogP contribution is 2.36. The Morgan fingerprint density at radius 1 is 0.946 bits per heavy atom. The summed E-state index contributed by atoms with van der Waals surface area (Å²) < 4.78 is 28.3. The maximum absolute atomic E-state index is 13.4. The zero-order valence-electron chi connectivity index (χ0n) is 25.8. The van der Waals surface area contributed by atoms with Gasteiger partial charge in [0.05, 0.1) is 7.18 Å². The number of rotatable bonds is 4. The Hall–Kier alpha value is -2.68. The van der Waals surface area contributed by atoms with Crippen LogP contribution in [0, 0.1) is 13.8 Å². The van der Waals surface area contributed by atoms with Crippen molar-refractivity contribution in [3.63, 3.8) is 0 Å². The molecular formula is C34H54F2O. The average Bonchev–Trinajstić information content (AvgIpc) is 2.88. The van der Waals surface area contributed by atoms with Gasteiger partial charge in [0, 0.05) is 11.1 Å². The predicted octanol–water partition coefficient (Wildman–Crippen LogP) is 11.4. The Balaban J connectivity index is -0.000000471. The number of ether oxygens (including phenoxy) is 1. The highest BCUT2D eigenvalue weighted by molar-refractivity contribution is 5.77. The van der Waals surface area contributed by atoms with E-state index in [1.807, 2.05) is 66.7 Å². The van der Waals surface area contributed by atoms with E-state index in [-0.39, 0.29) is 0 Å². The maximum atomic E-state index is 13.4. The second kappa shape index (κ2) is 23.7. The molecule has 2 aromatic rings. The molecule has 1 nitrogen and oxygen atoms in total. The van der Waals surface area contributed by atoms with Crippen molar-refractivity contribution in [1.29, 1.82) is 0 Å². The molecular weight excluding hydrogens is 462 g/mol. The zero-order valence-corrected chi connectivity index (χ0v) is 25.8. The lowest BCUT2D eigenvalue weighted by molar-refractivity contribution is 0.416. The molecule has 0 fully saturated rings. The first kappa shape index (κ1) is 38.8. The minimum atomic E-state index is -1.01. The summed E-state index contributed by atoms with van der Waals surface area (Å²) in [4.78, 5) is 0. The van der Waals surface area contributed by atoms with Gasteiger partial charge in [-0.25, -0.2) is 4.39 Å². The summed E-state index contributed by atoms with van der Waals surface area (Å²) in [6, 6.07) is 12.6. The molecule has 1 heterocycles. The SMILES string of the molecule is C=C(C)C.C=C1C=C(C(C)F)c2cc(C)ccc2O1.CC.CC.CCCc1ccc(C)c(CC)c1.CF. The van der Waals surface area contributed by atoms with Crippen molar-refractivity contribution in [3.8, 4) is 5.75 Å². The number of hydrogen-bond acceptors (Lipinski definition) is 1. The van der Waals surface area contributed by atoms with Gasteiger partial charge in [0.1, 0.15) is 17.7 Å². The van der Waals surface area contributed by atoms with Gasteiger partial charge < -0.3 is 4.74 Å². The molecule has 0 aromatic heterocycles. The van der Waals surface area contributed by atoms with Gasteiger partial charge in [0.2, 0.25) is 0 Å². The van der Waals surface area contributed by atoms with Crippen LogP contribution in [-0.4, -0.2) is 13.3 Å². The Bertz CT molecular complexity index is 919. The lowest BCUT2D eigenvalue weighted by Crippen LogP contribution is -2.08. The molecule has 37 heavy (non-hydrogen) atoms. The first-order valence-corrected chi connectivity index (χ1v) is 13.5. The standard InChI is InChI=1S/C13H13FO.C12H18.C4H8.2C2H6.CH3F/c1-8-4-5-13-12(6-8)11(10(3)14)7-9(2)15-13;1-4-6-11-8-7-10(3)12(5-2)9-11;1-4(2)3;3*1-2/h4-7,10H,2H2,1,3H3;7-9H,4-6H2,1-3H3;1H2,2-3H3;2*1-2H3;1H3. The molecule has 0 saturated carbocycles. The first-order valence-electron chi connectivity index (χ1n) is 13.5. The topological polar surface area (TPSA) is 9.23 Å². The normalized spacial score (nSPS) is 11.2. The van der Waals surface area contributed by atoms with Gasteiger partial charge in [0.25, 0.3) is 0 Å². The van der Waals surface area contributed by atoms with Gasteiger partial charge in [-0.05, 0) is 82.4 Å². The summed E-state index contributed by atoms with van der Waals surface area (Å²) >= 11 is 0. The smallest absolute Gasteiger partial charge is 0.135 e. The van der Waals surface area contributed by atoms with Crippen LogP contribution in [0.5, 0.6) is 5.75 Å². The molecule has 0 spiro atoms. The van der Waals surface area contributed by atoms with Gasteiger partial charge in [-0.2, -0.15) is 0 Å². The van der Waals surface area contributed by atoms with Crippen LogP contribution >= 0.6 is 0 Å². The van der Waals surface area contributed by atoms with Crippen LogP contribution in [0.4, 0.5) is 8.78 Å². The minimum absolute atomic E-state index is 0.492. The maximum Gasteiger partial charge on any atom is 0.135 e. The van der Waals surface area contributed by atoms with Crippen LogP contribution < -0.4 is 4.74 Å². The lowest BCUT2D eigenvalue weighted by atomic mass is 9.97. The van der Waals surface area contributed by atoms with E-state index in [9.17, 15) is 8.78 Å². The highest BCUT2D eigenvalue weighted by Gasteiger charge is 2.20. The molecule has 0 saturated heterocycles. The van der Waals surface area contributed by atoms with Crippen LogP contribution in [-0.2, 0) is 12.8 Å². The summed E-state index contributed by atoms with van der Waals surface area (Å²) in [7, 11) is 0.500. The zero-order chi connectivity index (χ0) is 29.6. The van der Waals surface area contributed by atoms with Crippen LogP contribution in [0.3, 0.4) is 0 Å². The number of aryl methyl sites for hydroxylation is 4. The molecule has 210 valence electrons. The predicted molar refractivity (Wildman–Crippen MR) is 164 cm³/mol. The fourth-order valence-corrected chi connectivity index (χ4v) is 3.26. The molecule has 0 radical (unpaired) electrons. The summed E-state index contributed by atoms with van der Waals surface area (Å²) in [5, 5.41) is 0. The third kappa shape index (κ3) is 16.6. The number of fused-ring (bicyclic) bond motifs is 1. The number of hydrogen-bond donors (Lipinski definition) is 0. The third-order valence-electron chi connectivity index (χ3n) is 4.77. The van der Waals surface area contributed by atoms with Gasteiger partial charge in [-0.1, -0.05) is 89.9 Å². The molecule has 2 aromatic carbocycles. The highest BCUT2D eigenvalue weighted by atomic mass is 19.1. The van der Waals surface area contributed by atoms with Crippen molar-refractivity contribution in [1.82, 2.24) is 0 Å². The monoisotopic (exact) mass is 516 g/mol. The minimum Gasteiger partial charge on any atom is -0.457 e. The summed E-state index contributed by atoms with van der Waals surface area (Å²) in [5.41, 5.74) is 8.15. The molecule has 3 rings (SSSR count). The van der Waals surface area contributed by atoms with E-state index in [0.717, 1.165) is 17.5 Å². The van der Waals surface area contributed by atoms with Crippen molar-refractivity contribution in [2.45, 2.75) is 102 Å². The third-order valence-corrected chi connectivity index (χ3v) is 4.77. The van der Waals surface area contributed by atoms with Gasteiger partial charge >= 0.3 is 0 Å². The Kier molecular flexibility index (Phi) is 24.9. The van der Waals surface area contributed by atoms with E-state index in [4.69, 9.17) is 4.74 Å². The fourth-order valence-electron chi connectivity index (χ4n) is 3.26. The lowest BCUT2D eigenvalue weighted by Gasteiger charge is -2.20. The number of allylic oxidation sites excluding steroid dienone is 3. The molecule has 0 bridgehead atoms. The molecule has 1 aliphatic rings. The number of alkyl halides is 2. The van der Waals surface area contributed by atoms with E-state index >= 15 is 0 Å². The number of benzene rings is 2. The van der Waals surface area contributed by atoms with E-state index in [2.05, 4.69) is 52.1 Å². The average molecular weight is 517 g/mol. The molecule has 1 aliphatic heterocycles. The van der Waals surface area contributed by atoms with Gasteiger partial charge in [0.15, 0.2) is 0 Å². The molecule has 0 N–H and O–H groups in total. The van der Waals surface area contributed by atoms with E-state index < -0.39 is 6.17 Å². The second-order valence-electron chi connectivity index (χ2n) is 8.36. The first-order chi connectivity index (χ1) is 17.6. The number of halogens is 2. The van der Waals surface area contributed by atoms with E-state index in [0.29, 0.717) is 24.3 Å². The van der Waals surface area contributed by atoms with E-state index in [1.165, 1.54) is 42.0 Å². The van der Waals surface area contributed by atoms with Crippen molar-refractivity contribution in [3.05, 3.63) is 94.8 Å². The fraction of sp³-hybridized carbons (Fsp3) is 0.471. The van der Waals surface area contributed by atoms with Crippen molar-refractivity contribution in [2.24, 2.45) is 0 Å². The van der Waals surface area contributed by atoms with Crippen LogP contribution in [0.15, 0.2) is 67.0 Å². The van der Waals surface area contributed by atoms with Crippen LogP contribution in [0.25, 0.3) is 5.57 Å². The van der Waals surface area contributed by atoms with Crippen molar-refractivity contribution >= 4 is 5.57 Å².